The predicted molar refractivity (Wildman–Crippen MR) is 93.8 cm³/mol. The van der Waals surface area contributed by atoms with Crippen LogP contribution in [0, 0.1) is 0 Å². The lowest BCUT2D eigenvalue weighted by molar-refractivity contribution is 0.0928. The molecule has 1 fully saturated rings. The topological polar surface area (TPSA) is 69.0 Å². The van der Waals surface area contributed by atoms with Crippen molar-refractivity contribution < 1.29 is 9.53 Å². The van der Waals surface area contributed by atoms with Gasteiger partial charge < -0.3 is 10.1 Å². The molecule has 25 heavy (non-hydrogen) atoms. The van der Waals surface area contributed by atoms with E-state index in [-0.39, 0.29) is 11.9 Å². The smallest absolute Gasteiger partial charge is 0.273 e. The van der Waals surface area contributed by atoms with Crippen molar-refractivity contribution >= 4 is 5.91 Å². The van der Waals surface area contributed by atoms with Gasteiger partial charge in [0.1, 0.15) is 5.75 Å². The Labute approximate surface area is 147 Å². The summed E-state index contributed by atoms with van der Waals surface area (Å²) in [5.41, 5.74) is 2.94. The fraction of sp³-hybridized carbons (Fsp3) is 0.526. The molecule has 0 bridgehead atoms. The number of aromatic nitrogens is 3. The van der Waals surface area contributed by atoms with Gasteiger partial charge in [0.05, 0.1) is 19.3 Å². The molecule has 6 heteroatoms. The van der Waals surface area contributed by atoms with Gasteiger partial charge in [-0.3, -0.25) is 4.79 Å². The Balaban J connectivity index is 1.41. The quantitative estimate of drug-likeness (QED) is 0.929. The molecule has 1 amide bonds. The van der Waals surface area contributed by atoms with Crippen LogP contribution in [0.3, 0.4) is 0 Å². The van der Waals surface area contributed by atoms with Gasteiger partial charge in [-0.25, -0.2) is 4.68 Å². The highest BCUT2D eigenvalue weighted by atomic mass is 16.5. The van der Waals surface area contributed by atoms with E-state index in [0.29, 0.717) is 11.7 Å². The van der Waals surface area contributed by atoms with E-state index in [0.717, 1.165) is 37.9 Å². The van der Waals surface area contributed by atoms with Gasteiger partial charge >= 0.3 is 0 Å². The van der Waals surface area contributed by atoms with Gasteiger partial charge in [0.15, 0.2) is 5.69 Å². The third kappa shape index (κ3) is 3.25. The number of carbonyl (C=O) groups excluding carboxylic acids is 1. The van der Waals surface area contributed by atoms with E-state index in [1.165, 1.54) is 24.0 Å². The second kappa shape index (κ2) is 6.86. The van der Waals surface area contributed by atoms with Crippen LogP contribution in [0.5, 0.6) is 5.75 Å². The molecule has 1 N–H and O–H groups in total. The van der Waals surface area contributed by atoms with E-state index >= 15 is 0 Å². The average Bonchev–Trinajstić information content (AvgIpc) is 3.32. The number of amides is 1. The number of hydrogen-bond donors (Lipinski definition) is 1. The summed E-state index contributed by atoms with van der Waals surface area (Å²) >= 11 is 0. The lowest BCUT2D eigenvalue weighted by atomic mass is 9.87. The fourth-order valence-corrected chi connectivity index (χ4v) is 4.07. The minimum absolute atomic E-state index is 0.124. The summed E-state index contributed by atoms with van der Waals surface area (Å²) in [5.74, 6) is 0.822. The highest BCUT2D eigenvalue weighted by Crippen LogP contribution is 2.30. The molecule has 1 heterocycles. The third-order valence-corrected chi connectivity index (χ3v) is 5.44. The molecule has 2 aliphatic rings. The van der Waals surface area contributed by atoms with E-state index in [1.54, 1.807) is 13.3 Å². The number of hydrogen-bond acceptors (Lipinski definition) is 4. The zero-order valence-corrected chi connectivity index (χ0v) is 14.6. The van der Waals surface area contributed by atoms with Gasteiger partial charge in [-0.15, -0.1) is 5.10 Å². The van der Waals surface area contributed by atoms with Crippen molar-refractivity contribution in [3.05, 3.63) is 41.2 Å². The van der Waals surface area contributed by atoms with Gasteiger partial charge in [0.2, 0.25) is 0 Å². The number of fused-ring (bicyclic) bond motifs is 1. The van der Waals surface area contributed by atoms with Crippen LogP contribution in [0.15, 0.2) is 24.4 Å². The Morgan fingerprint density at radius 2 is 2.12 bits per heavy atom. The third-order valence-electron chi connectivity index (χ3n) is 5.44. The highest BCUT2D eigenvalue weighted by molar-refractivity contribution is 5.92. The van der Waals surface area contributed by atoms with Crippen molar-refractivity contribution in [3.63, 3.8) is 0 Å². The molecule has 0 radical (unpaired) electrons. The van der Waals surface area contributed by atoms with Crippen LogP contribution in [0.2, 0.25) is 0 Å². The number of carbonyl (C=O) groups is 1. The first-order valence-electron chi connectivity index (χ1n) is 9.12. The minimum atomic E-state index is -0.124. The number of ether oxygens (including phenoxy) is 1. The maximum Gasteiger partial charge on any atom is 0.273 e. The van der Waals surface area contributed by atoms with Gasteiger partial charge in [0, 0.05) is 6.04 Å². The second-order valence-electron chi connectivity index (χ2n) is 7.03. The maximum absolute atomic E-state index is 12.5. The van der Waals surface area contributed by atoms with Crippen LogP contribution >= 0.6 is 0 Å². The predicted octanol–water partition coefficient (Wildman–Crippen LogP) is 2.69. The summed E-state index contributed by atoms with van der Waals surface area (Å²) in [6.45, 7) is 0. The van der Waals surface area contributed by atoms with Gasteiger partial charge in [-0.2, -0.15) is 0 Å². The Morgan fingerprint density at radius 3 is 2.92 bits per heavy atom. The second-order valence-corrected chi connectivity index (χ2v) is 7.03. The van der Waals surface area contributed by atoms with Crippen LogP contribution in [0.1, 0.15) is 59.8 Å². The average molecular weight is 340 g/mol. The molecule has 2 aromatic rings. The number of rotatable bonds is 4. The summed E-state index contributed by atoms with van der Waals surface area (Å²) in [7, 11) is 1.71. The summed E-state index contributed by atoms with van der Waals surface area (Å²) < 4.78 is 7.31. The lowest BCUT2D eigenvalue weighted by Crippen LogP contribution is -2.39. The Morgan fingerprint density at radius 1 is 1.28 bits per heavy atom. The molecule has 1 unspecified atom stereocenters. The number of nitrogens with one attached hydrogen (secondary N) is 1. The first-order chi connectivity index (χ1) is 12.2. The van der Waals surface area contributed by atoms with Gasteiger partial charge in [0.25, 0.3) is 5.91 Å². The molecular formula is C19H24N4O2. The van der Waals surface area contributed by atoms with Crippen molar-refractivity contribution in [1.29, 1.82) is 0 Å². The largest absolute Gasteiger partial charge is 0.496 e. The Bertz CT molecular complexity index is 765. The molecule has 1 saturated carbocycles. The first kappa shape index (κ1) is 16.1. The molecule has 1 atom stereocenters. The van der Waals surface area contributed by atoms with Crippen molar-refractivity contribution in [2.45, 2.75) is 57.0 Å². The van der Waals surface area contributed by atoms with E-state index in [1.807, 2.05) is 16.8 Å². The lowest BCUT2D eigenvalue weighted by Gasteiger charge is -2.26. The molecule has 0 spiro atoms. The zero-order chi connectivity index (χ0) is 17.2. The highest BCUT2D eigenvalue weighted by Gasteiger charge is 2.25. The number of nitrogens with zero attached hydrogens (tertiary/aromatic N) is 3. The molecule has 6 nitrogen and oxygen atoms in total. The van der Waals surface area contributed by atoms with Crippen molar-refractivity contribution in [2.24, 2.45) is 0 Å². The van der Waals surface area contributed by atoms with Crippen LogP contribution < -0.4 is 10.1 Å². The van der Waals surface area contributed by atoms with Crippen LogP contribution in [-0.4, -0.2) is 34.1 Å². The Kier molecular flexibility index (Phi) is 4.42. The molecule has 2 aliphatic carbocycles. The fourth-order valence-electron chi connectivity index (χ4n) is 4.07. The van der Waals surface area contributed by atoms with E-state index < -0.39 is 0 Å². The molecule has 0 aliphatic heterocycles. The SMILES string of the molecule is COc1cccc2c1CCC(NC(=O)c1cn(C3CCCC3)nn1)C2. The molecular weight excluding hydrogens is 316 g/mol. The Hall–Kier alpha value is -2.37. The van der Waals surface area contributed by atoms with Crippen molar-refractivity contribution in [2.75, 3.05) is 7.11 Å². The van der Waals surface area contributed by atoms with Gasteiger partial charge in [-0.05, 0) is 49.3 Å². The summed E-state index contributed by atoms with van der Waals surface area (Å²) in [6.07, 6.45) is 9.18. The summed E-state index contributed by atoms with van der Waals surface area (Å²) in [6, 6.07) is 6.66. The van der Waals surface area contributed by atoms with Crippen LogP contribution in [0.25, 0.3) is 0 Å². The molecule has 1 aromatic heterocycles. The van der Waals surface area contributed by atoms with Crippen molar-refractivity contribution in [1.82, 2.24) is 20.3 Å². The van der Waals surface area contributed by atoms with Crippen LogP contribution in [-0.2, 0) is 12.8 Å². The van der Waals surface area contributed by atoms with E-state index in [9.17, 15) is 4.79 Å². The molecule has 132 valence electrons. The molecule has 0 saturated heterocycles. The zero-order valence-electron chi connectivity index (χ0n) is 14.6. The summed E-state index contributed by atoms with van der Waals surface area (Å²) in [5, 5.41) is 11.4. The normalized spacial score (nSPS) is 20.3. The monoisotopic (exact) mass is 340 g/mol. The van der Waals surface area contributed by atoms with E-state index in [4.69, 9.17) is 4.74 Å². The molecule has 4 rings (SSSR count). The maximum atomic E-state index is 12.5. The number of methoxy groups -OCH3 is 1. The van der Waals surface area contributed by atoms with Crippen LogP contribution in [0.4, 0.5) is 0 Å². The minimum Gasteiger partial charge on any atom is -0.496 e. The standard InChI is InChI=1S/C19H24N4O2/c1-25-18-8-4-5-13-11-14(9-10-16(13)18)20-19(24)17-12-23(22-21-17)15-6-2-3-7-15/h4-5,8,12,14-15H,2-3,6-7,9-11H2,1H3,(H,20,24). The van der Waals surface area contributed by atoms with Gasteiger partial charge in [-0.1, -0.05) is 30.2 Å². The number of benzene rings is 1. The van der Waals surface area contributed by atoms with E-state index in [2.05, 4.69) is 21.7 Å². The summed E-state index contributed by atoms with van der Waals surface area (Å²) in [4.78, 5) is 12.5. The first-order valence-corrected chi connectivity index (χ1v) is 9.12. The van der Waals surface area contributed by atoms with Crippen molar-refractivity contribution in [3.8, 4) is 5.75 Å². The molecule has 1 aromatic carbocycles.